The number of sulfone groups is 1. The average Bonchev–Trinajstić information content (AvgIpc) is 3.09. The van der Waals surface area contributed by atoms with Crippen LogP contribution < -0.4 is 10.4 Å². The van der Waals surface area contributed by atoms with Gasteiger partial charge in [-0.15, -0.1) is 0 Å². The van der Waals surface area contributed by atoms with Gasteiger partial charge in [0.2, 0.25) is 0 Å². The predicted molar refractivity (Wildman–Crippen MR) is 136 cm³/mol. The Kier molecular flexibility index (Phi) is 5.86. The molecule has 3 aliphatic rings. The Morgan fingerprint density at radius 2 is 1.76 bits per heavy atom. The molecular weight excluding hydrogens is 426 g/mol. The summed E-state index contributed by atoms with van der Waals surface area (Å²) >= 11 is 0. The smallest absolute Gasteiger partial charge is 0.176 e. The van der Waals surface area contributed by atoms with Gasteiger partial charge in [-0.05, 0) is 81.0 Å². The van der Waals surface area contributed by atoms with Crippen molar-refractivity contribution in [2.75, 3.05) is 6.26 Å². The molecule has 1 aliphatic heterocycles. The second-order valence-electron chi connectivity index (χ2n) is 8.70. The van der Waals surface area contributed by atoms with Gasteiger partial charge in [0, 0.05) is 12.5 Å². The predicted octanol–water partition coefficient (Wildman–Crippen LogP) is 4.11. The third-order valence-electron chi connectivity index (χ3n) is 6.51. The third kappa shape index (κ3) is 4.36. The molecule has 0 saturated carbocycles. The molecule has 4 heteroatoms. The van der Waals surface area contributed by atoms with E-state index in [0.29, 0.717) is 4.90 Å². The highest BCUT2D eigenvalue weighted by atomic mass is 32.2. The maximum atomic E-state index is 12.0. The van der Waals surface area contributed by atoms with Gasteiger partial charge >= 0.3 is 0 Å². The number of benzene rings is 3. The Labute approximate surface area is 194 Å². The second kappa shape index (κ2) is 8.95. The molecule has 0 saturated heterocycles. The Balaban J connectivity index is 0.000000174. The molecule has 2 aliphatic carbocycles. The minimum Gasteiger partial charge on any atom is -0.288 e. The summed E-state index contributed by atoms with van der Waals surface area (Å²) in [5.74, 6) is 0. The number of allylic oxidation sites excluding steroid dienone is 1. The van der Waals surface area contributed by atoms with Crippen LogP contribution in [0.25, 0.3) is 18.2 Å². The summed E-state index contributed by atoms with van der Waals surface area (Å²) in [6, 6.07) is 18.3. The van der Waals surface area contributed by atoms with Crippen molar-refractivity contribution in [1.82, 2.24) is 0 Å². The van der Waals surface area contributed by atoms with Crippen LogP contribution in [0.2, 0.25) is 0 Å². The molecule has 0 atom stereocenters. The first-order valence-electron chi connectivity index (χ1n) is 11.4. The fraction of sp³-hybridized carbons (Fsp3) is 0.207. The zero-order valence-electron chi connectivity index (χ0n) is 18.8. The van der Waals surface area contributed by atoms with Gasteiger partial charge in [-0.2, -0.15) is 0 Å². The third-order valence-corrected chi connectivity index (χ3v) is 7.67. The standard InChI is InChI=1S/C19H18O2S.C10H9N/c1-22(20,21)19-8-4-7-15-17-10-9-13-5-2-3-6-14(13)16(17)11-12-18(15)19;1-2-5-10-8-11-7-3-6-9(10)4-1/h4-5,7-10,12H,2-3,6,11H2,1H3;1-7H,8H2. The molecule has 33 heavy (non-hydrogen) atoms. The summed E-state index contributed by atoms with van der Waals surface area (Å²) in [7, 11) is -3.20. The summed E-state index contributed by atoms with van der Waals surface area (Å²) in [6.07, 6.45) is 15.9. The lowest BCUT2D eigenvalue weighted by atomic mass is 9.89. The highest BCUT2D eigenvalue weighted by Crippen LogP contribution is 2.18. The minimum absolute atomic E-state index is 0.444. The van der Waals surface area contributed by atoms with E-state index < -0.39 is 9.84 Å². The molecule has 0 fully saturated rings. The lowest BCUT2D eigenvalue weighted by molar-refractivity contribution is 0.601. The monoisotopic (exact) mass is 453 g/mol. The summed E-state index contributed by atoms with van der Waals surface area (Å²) in [5.41, 5.74) is 5.42. The zero-order valence-corrected chi connectivity index (χ0v) is 19.6. The Hall–Kier alpha value is -3.24. The van der Waals surface area contributed by atoms with Crippen LogP contribution in [0.15, 0.2) is 70.6 Å². The number of nitrogens with zero attached hydrogens (tertiary/aromatic N) is 1. The normalized spacial score (nSPS) is 15.3. The van der Waals surface area contributed by atoms with E-state index in [2.05, 4.69) is 53.6 Å². The van der Waals surface area contributed by atoms with Crippen molar-refractivity contribution in [2.24, 2.45) is 4.99 Å². The van der Waals surface area contributed by atoms with Crippen molar-refractivity contribution >= 4 is 34.3 Å². The highest BCUT2D eigenvalue weighted by molar-refractivity contribution is 7.90. The van der Waals surface area contributed by atoms with Crippen LogP contribution in [0.5, 0.6) is 0 Å². The largest absolute Gasteiger partial charge is 0.288 e. The molecule has 3 nitrogen and oxygen atoms in total. The first kappa shape index (κ1) is 21.6. The molecule has 0 aromatic heterocycles. The molecule has 6 rings (SSSR count). The molecule has 0 radical (unpaired) electrons. The number of rotatable bonds is 1. The van der Waals surface area contributed by atoms with Gasteiger partial charge in [0.15, 0.2) is 9.84 Å². The number of hydrogen-bond donors (Lipinski definition) is 0. The Morgan fingerprint density at radius 3 is 2.64 bits per heavy atom. The van der Waals surface area contributed by atoms with Crippen LogP contribution in [-0.4, -0.2) is 20.9 Å². The molecule has 0 N–H and O–H groups in total. The average molecular weight is 454 g/mol. The van der Waals surface area contributed by atoms with Gasteiger partial charge in [0.25, 0.3) is 0 Å². The highest BCUT2D eigenvalue weighted by Gasteiger charge is 2.15. The molecule has 166 valence electrons. The molecule has 3 aromatic rings. The molecule has 0 unspecified atom stereocenters. The quantitative estimate of drug-likeness (QED) is 0.557. The molecule has 0 amide bonds. The van der Waals surface area contributed by atoms with Crippen LogP contribution in [0.1, 0.15) is 35.1 Å². The summed E-state index contributed by atoms with van der Waals surface area (Å²) in [4.78, 5) is 4.64. The Morgan fingerprint density at radius 1 is 0.879 bits per heavy atom. The maximum Gasteiger partial charge on any atom is 0.176 e. The van der Waals surface area contributed by atoms with E-state index in [9.17, 15) is 8.42 Å². The molecule has 3 aromatic carbocycles. The van der Waals surface area contributed by atoms with E-state index in [0.717, 1.165) is 36.2 Å². The fourth-order valence-electron chi connectivity index (χ4n) is 4.94. The van der Waals surface area contributed by atoms with E-state index in [1.807, 2.05) is 30.5 Å². The van der Waals surface area contributed by atoms with E-state index in [-0.39, 0.29) is 0 Å². The first-order chi connectivity index (χ1) is 16.0. The van der Waals surface area contributed by atoms with E-state index in [1.54, 1.807) is 6.07 Å². The van der Waals surface area contributed by atoms with Gasteiger partial charge in [0.05, 0.1) is 11.4 Å². The lowest BCUT2D eigenvalue weighted by Gasteiger charge is -2.16. The number of fused-ring (bicyclic) bond motifs is 5. The minimum atomic E-state index is -3.20. The van der Waals surface area contributed by atoms with Crippen molar-refractivity contribution in [2.45, 2.75) is 37.1 Å². The summed E-state index contributed by atoms with van der Waals surface area (Å²) in [6.45, 7) is 0.809. The van der Waals surface area contributed by atoms with Gasteiger partial charge in [-0.3, -0.25) is 4.99 Å². The zero-order chi connectivity index (χ0) is 22.8. The topological polar surface area (TPSA) is 46.5 Å². The SMILES string of the molecule is C1=Cc2ccccc2CN=C1.CS(=O)(=O)c1cccc2c1=CCc1c3c(ccc1=2)=CCCC3. The van der Waals surface area contributed by atoms with Crippen LogP contribution in [0.3, 0.4) is 0 Å². The van der Waals surface area contributed by atoms with Crippen LogP contribution in [-0.2, 0) is 29.2 Å². The fourth-order valence-corrected chi connectivity index (χ4v) is 5.85. The van der Waals surface area contributed by atoms with Crippen molar-refractivity contribution in [1.29, 1.82) is 0 Å². The van der Waals surface area contributed by atoms with Gasteiger partial charge in [-0.1, -0.05) is 66.8 Å². The molecule has 1 heterocycles. The van der Waals surface area contributed by atoms with Gasteiger partial charge < -0.3 is 0 Å². The van der Waals surface area contributed by atoms with Crippen LogP contribution >= 0.6 is 0 Å². The van der Waals surface area contributed by atoms with Crippen molar-refractivity contribution in [3.63, 3.8) is 0 Å². The Bertz CT molecular complexity index is 1610. The molecular formula is C29H27NO2S. The summed E-state index contributed by atoms with van der Waals surface area (Å²) in [5, 5.41) is 4.49. The number of hydrogen-bond acceptors (Lipinski definition) is 3. The van der Waals surface area contributed by atoms with E-state index in [4.69, 9.17) is 0 Å². The molecule has 0 bridgehead atoms. The second-order valence-corrected chi connectivity index (χ2v) is 10.7. The van der Waals surface area contributed by atoms with Crippen molar-refractivity contribution in [3.8, 4) is 0 Å². The lowest BCUT2D eigenvalue weighted by Crippen LogP contribution is -2.22. The van der Waals surface area contributed by atoms with E-state index in [1.165, 1.54) is 45.4 Å². The maximum absolute atomic E-state index is 12.0. The van der Waals surface area contributed by atoms with E-state index >= 15 is 0 Å². The summed E-state index contributed by atoms with van der Waals surface area (Å²) < 4.78 is 24.0. The van der Waals surface area contributed by atoms with Gasteiger partial charge in [-0.25, -0.2) is 8.42 Å². The van der Waals surface area contributed by atoms with Gasteiger partial charge in [0.1, 0.15) is 0 Å². The van der Waals surface area contributed by atoms with Crippen molar-refractivity contribution in [3.05, 3.63) is 104 Å². The number of aliphatic imine (C=N–C) groups is 1. The molecule has 0 spiro atoms. The van der Waals surface area contributed by atoms with Crippen LogP contribution in [0, 0.1) is 10.4 Å². The van der Waals surface area contributed by atoms with Crippen LogP contribution in [0.4, 0.5) is 0 Å². The van der Waals surface area contributed by atoms with Crippen molar-refractivity contribution < 1.29 is 8.42 Å². The first-order valence-corrected chi connectivity index (χ1v) is 13.3.